The van der Waals surface area contributed by atoms with Crippen molar-refractivity contribution >= 4 is 17.3 Å². The lowest BCUT2D eigenvalue weighted by Crippen LogP contribution is -2.07. The minimum atomic E-state index is -4.59. The van der Waals surface area contributed by atoms with Crippen LogP contribution in [0.1, 0.15) is 5.56 Å². The summed E-state index contributed by atoms with van der Waals surface area (Å²) >= 11 is 4.32. The van der Waals surface area contributed by atoms with Gasteiger partial charge in [0.25, 0.3) is 0 Å². The maximum atomic E-state index is 12.4. The molecule has 0 aliphatic rings. The first-order valence-corrected chi connectivity index (χ1v) is 3.72. The van der Waals surface area contributed by atoms with Crippen molar-refractivity contribution in [3.63, 3.8) is 0 Å². The molecule has 0 atom stereocenters. The van der Waals surface area contributed by atoms with Crippen molar-refractivity contribution in [1.29, 1.82) is 0 Å². The number of carbonyl (C=O) groups is 1. The third-order valence-electron chi connectivity index (χ3n) is 1.18. The van der Waals surface area contributed by atoms with Crippen LogP contribution in [0.2, 0.25) is 0 Å². The number of halogens is 5. The van der Waals surface area contributed by atoms with Gasteiger partial charge in [-0.3, -0.25) is 4.79 Å². The van der Waals surface area contributed by atoms with Gasteiger partial charge in [-0.2, -0.15) is 13.2 Å². The molecule has 0 amide bonds. The molecule has 0 aliphatic carbocycles. The molecule has 1 aromatic rings. The maximum absolute atomic E-state index is 12.4. The van der Waals surface area contributed by atoms with Crippen LogP contribution in [0.3, 0.4) is 0 Å². The van der Waals surface area contributed by atoms with E-state index in [0.29, 0.717) is 6.07 Å². The first kappa shape index (κ1) is 12.9. The highest BCUT2D eigenvalue weighted by Gasteiger charge is 2.33. The summed E-state index contributed by atoms with van der Waals surface area (Å²) in [5, 5.41) is 0. The van der Waals surface area contributed by atoms with E-state index >= 15 is 0 Å². The molecule has 1 nitrogen and oxygen atoms in total. The fourth-order valence-corrected chi connectivity index (χ4v) is 0.691. The van der Waals surface area contributed by atoms with Gasteiger partial charge in [-0.15, -0.1) is 0 Å². The van der Waals surface area contributed by atoms with Crippen LogP contribution < -0.4 is 0 Å². The smallest absolute Gasteiger partial charge is 0.285 e. The van der Waals surface area contributed by atoms with Crippen LogP contribution in [0.25, 0.3) is 0 Å². The minimum Gasteiger partial charge on any atom is -0.285 e. The Balaban J connectivity index is 0.000000500. The van der Waals surface area contributed by atoms with Gasteiger partial charge >= 0.3 is 6.18 Å². The largest absolute Gasteiger partial charge is 0.419 e. The van der Waals surface area contributed by atoms with Gasteiger partial charge in [0.2, 0.25) is 5.75 Å². The number of alkyl halides is 3. The quantitative estimate of drug-likeness (QED) is 0.378. The van der Waals surface area contributed by atoms with Crippen molar-refractivity contribution in [2.75, 3.05) is 0 Å². The summed E-state index contributed by atoms with van der Waals surface area (Å²) in [6.07, 6.45) is -4.59. The van der Waals surface area contributed by atoms with Crippen LogP contribution in [0.4, 0.5) is 17.6 Å². The van der Waals surface area contributed by atoms with E-state index in [4.69, 9.17) is 4.79 Å². The highest BCUT2D eigenvalue weighted by molar-refractivity contribution is 6.54. The van der Waals surface area contributed by atoms with Gasteiger partial charge in [0, 0.05) is 0 Å². The van der Waals surface area contributed by atoms with Crippen molar-refractivity contribution in [2.45, 2.75) is 6.18 Å². The predicted octanol–water partition coefficient (Wildman–Crippen LogP) is 3.26. The van der Waals surface area contributed by atoms with E-state index in [1.54, 1.807) is 0 Å². The van der Waals surface area contributed by atoms with Crippen LogP contribution in [0, 0.1) is 5.82 Å². The number of benzene rings is 1. The lowest BCUT2D eigenvalue weighted by atomic mass is 10.2. The summed E-state index contributed by atoms with van der Waals surface area (Å²) in [7, 11) is 0. The third kappa shape index (κ3) is 4.23. The molecule has 1 rings (SSSR count). The van der Waals surface area contributed by atoms with Gasteiger partial charge in [0.15, 0.2) is 0 Å². The molecule has 0 saturated carbocycles. The second kappa shape index (κ2) is 5.59. The number of carbonyl (C=O) groups excluding carboxylic acids is 1. The number of hydrogen-bond acceptors (Lipinski definition) is 1. The lowest BCUT2D eigenvalue weighted by molar-refractivity contribution is -0.140. The Morgan fingerprint density at radius 3 is 1.93 bits per heavy atom. The standard InChI is InChI=1S/C7H4F4.CHClO/c8-6-4-2-1-3-5(6)7(9,10)11;2-1-3/h1-4H;1H. The maximum Gasteiger partial charge on any atom is 0.419 e. The first-order chi connectivity index (χ1) is 6.43. The summed E-state index contributed by atoms with van der Waals surface area (Å²) < 4.78 is 47.8. The molecule has 14 heavy (non-hydrogen) atoms. The van der Waals surface area contributed by atoms with Gasteiger partial charge in [-0.05, 0) is 23.7 Å². The Labute approximate surface area is 82.3 Å². The van der Waals surface area contributed by atoms with Gasteiger partial charge < -0.3 is 0 Å². The molecule has 78 valence electrons. The van der Waals surface area contributed by atoms with Crippen molar-refractivity contribution in [3.8, 4) is 0 Å². The molecule has 0 aromatic heterocycles. The third-order valence-corrected chi connectivity index (χ3v) is 1.18. The van der Waals surface area contributed by atoms with Crippen LogP contribution >= 0.6 is 11.6 Å². The van der Waals surface area contributed by atoms with Gasteiger partial charge in [-0.25, -0.2) is 4.39 Å². The van der Waals surface area contributed by atoms with Crippen molar-refractivity contribution in [3.05, 3.63) is 35.6 Å². The zero-order valence-electron chi connectivity index (χ0n) is 6.68. The molecular weight excluding hydrogens is 224 g/mol. The zero-order chi connectivity index (χ0) is 11.2. The van der Waals surface area contributed by atoms with Crippen LogP contribution in [0.15, 0.2) is 24.3 Å². The molecule has 0 fully saturated rings. The Kier molecular flexibility index (Phi) is 5.15. The SMILES string of the molecule is Fc1ccccc1C(F)(F)F.O=CCl. The van der Waals surface area contributed by atoms with Crippen LogP contribution in [-0.2, 0) is 11.0 Å². The Bertz CT molecular complexity index is 298. The van der Waals surface area contributed by atoms with E-state index in [0.717, 1.165) is 12.1 Å². The normalized spacial score (nSPS) is 10.1. The molecule has 0 radical (unpaired) electrons. The average Bonchev–Trinajstić information content (AvgIpc) is 2.04. The molecule has 0 unspecified atom stereocenters. The fraction of sp³-hybridized carbons (Fsp3) is 0.125. The van der Waals surface area contributed by atoms with Crippen molar-refractivity contribution < 1.29 is 22.4 Å². The Hall–Kier alpha value is -1.10. The number of rotatable bonds is 0. The summed E-state index contributed by atoms with van der Waals surface area (Å²) in [6, 6.07) is 3.84. The Morgan fingerprint density at radius 1 is 1.21 bits per heavy atom. The molecule has 0 aliphatic heterocycles. The molecule has 0 saturated heterocycles. The van der Waals surface area contributed by atoms with E-state index in [1.807, 2.05) is 0 Å². The fourth-order valence-electron chi connectivity index (χ4n) is 0.691. The molecule has 0 spiro atoms. The van der Waals surface area contributed by atoms with E-state index in [9.17, 15) is 17.6 Å². The van der Waals surface area contributed by atoms with Crippen LogP contribution in [-0.4, -0.2) is 5.75 Å². The van der Waals surface area contributed by atoms with E-state index in [-0.39, 0.29) is 5.75 Å². The summed E-state index contributed by atoms with van der Waals surface area (Å²) in [5.41, 5.74) is -1.22. The van der Waals surface area contributed by atoms with E-state index in [1.165, 1.54) is 6.07 Å². The average molecular weight is 229 g/mol. The highest BCUT2D eigenvalue weighted by atomic mass is 35.5. The monoisotopic (exact) mass is 228 g/mol. The number of hydrogen-bond donors (Lipinski definition) is 0. The van der Waals surface area contributed by atoms with Crippen molar-refractivity contribution in [2.24, 2.45) is 0 Å². The summed E-state index contributed by atoms with van der Waals surface area (Å²) in [4.78, 5) is 8.57. The zero-order valence-corrected chi connectivity index (χ0v) is 7.44. The Morgan fingerprint density at radius 2 is 1.64 bits per heavy atom. The van der Waals surface area contributed by atoms with Crippen LogP contribution in [0.5, 0.6) is 0 Å². The summed E-state index contributed by atoms with van der Waals surface area (Å²) in [6.45, 7) is 0. The first-order valence-electron chi connectivity index (χ1n) is 3.29. The molecule has 6 heteroatoms. The lowest BCUT2D eigenvalue weighted by Gasteiger charge is -2.05. The molecule has 0 N–H and O–H groups in total. The van der Waals surface area contributed by atoms with Gasteiger partial charge in [0.05, 0.1) is 5.56 Å². The summed E-state index contributed by atoms with van der Waals surface area (Å²) in [5.74, 6) is -1.01. The molecule has 1 aromatic carbocycles. The molecule has 0 bridgehead atoms. The second-order valence-electron chi connectivity index (χ2n) is 2.07. The minimum absolute atomic E-state index is 0.222. The van der Waals surface area contributed by atoms with E-state index in [2.05, 4.69) is 11.6 Å². The predicted molar refractivity (Wildman–Crippen MR) is 44.0 cm³/mol. The second-order valence-corrected chi connectivity index (χ2v) is 2.24. The highest BCUT2D eigenvalue weighted by Crippen LogP contribution is 2.30. The topological polar surface area (TPSA) is 17.1 Å². The van der Waals surface area contributed by atoms with E-state index < -0.39 is 17.6 Å². The van der Waals surface area contributed by atoms with Gasteiger partial charge in [0.1, 0.15) is 5.82 Å². The molecular formula is C8H5ClF4O. The van der Waals surface area contributed by atoms with Gasteiger partial charge in [-0.1, -0.05) is 12.1 Å². The molecule has 0 heterocycles. The van der Waals surface area contributed by atoms with Crippen molar-refractivity contribution in [1.82, 2.24) is 0 Å².